The summed E-state index contributed by atoms with van der Waals surface area (Å²) in [5.74, 6) is -4.54. The number of alkyl halides is 2. The van der Waals surface area contributed by atoms with Gasteiger partial charge in [0, 0.05) is 61.1 Å². The van der Waals surface area contributed by atoms with Crippen molar-refractivity contribution in [2.45, 2.75) is 26.0 Å². The van der Waals surface area contributed by atoms with Gasteiger partial charge >= 0.3 is 6.61 Å². The summed E-state index contributed by atoms with van der Waals surface area (Å²) in [4.78, 5) is 27.4. The van der Waals surface area contributed by atoms with Crippen molar-refractivity contribution >= 4 is 17.6 Å². The Balaban J connectivity index is 1.59. The van der Waals surface area contributed by atoms with E-state index in [1.807, 2.05) is 6.92 Å². The monoisotopic (exact) mass is 520 g/mol. The first kappa shape index (κ1) is 26.0. The summed E-state index contributed by atoms with van der Waals surface area (Å²) in [6.45, 7) is -0.852. The summed E-state index contributed by atoms with van der Waals surface area (Å²) in [6.07, 6.45) is 1.68. The lowest BCUT2D eigenvalue weighted by Crippen LogP contribution is -2.36. The molecule has 1 aromatic heterocycles. The van der Waals surface area contributed by atoms with Crippen LogP contribution >= 0.6 is 0 Å². The molecule has 1 saturated heterocycles. The molecule has 1 unspecified atom stereocenters. The molecule has 196 valence electrons. The lowest BCUT2D eigenvalue weighted by molar-refractivity contribution is -0.120. The van der Waals surface area contributed by atoms with Crippen molar-refractivity contribution in [1.29, 1.82) is 0 Å². The molecule has 2 aromatic carbocycles. The normalized spacial score (nSPS) is 17.4. The summed E-state index contributed by atoms with van der Waals surface area (Å²) >= 11 is 0. The molecule has 2 amide bonds. The van der Waals surface area contributed by atoms with Gasteiger partial charge in [0.1, 0.15) is 23.1 Å². The minimum absolute atomic E-state index is 0.00857. The second-order valence-corrected chi connectivity index (χ2v) is 8.31. The molecular formula is C25H24F4N4O4. The Hall–Kier alpha value is -4.09. The third-order valence-corrected chi connectivity index (χ3v) is 6.16. The van der Waals surface area contributed by atoms with Gasteiger partial charge in [0.15, 0.2) is 5.82 Å². The van der Waals surface area contributed by atoms with Crippen LogP contribution in [0.25, 0.3) is 0 Å². The first-order chi connectivity index (χ1) is 17.7. The Morgan fingerprint density at radius 2 is 1.81 bits per heavy atom. The predicted octanol–water partition coefficient (Wildman–Crippen LogP) is 3.97. The van der Waals surface area contributed by atoms with Crippen molar-refractivity contribution in [3.05, 3.63) is 71.4 Å². The number of carbonyl (C=O) groups is 2. The van der Waals surface area contributed by atoms with Crippen LogP contribution in [-0.2, 0) is 11.3 Å². The second-order valence-electron chi connectivity index (χ2n) is 8.31. The van der Waals surface area contributed by atoms with E-state index < -0.39 is 41.9 Å². The molecule has 1 N–H and O–H groups in total. The quantitative estimate of drug-likeness (QED) is 0.432. The lowest BCUT2D eigenvalue weighted by Gasteiger charge is -2.19. The summed E-state index contributed by atoms with van der Waals surface area (Å²) in [5, 5.41) is 6.94. The number of hydrogen-bond acceptors (Lipinski definition) is 5. The van der Waals surface area contributed by atoms with Crippen molar-refractivity contribution in [1.82, 2.24) is 15.1 Å². The minimum Gasteiger partial charge on any atom is -0.497 e. The lowest BCUT2D eigenvalue weighted by atomic mass is 9.87. The van der Waals surface area contributed by atoms with E-state index >= 15 is 8.78 Å². The highest BCUT2D eigenvalue weighted by Gasteiger charge is 2.45. The Kier molecular flexibility index (Phi) is 7.65. The van der Waals surface area contributed by atoms with Gasteiger partial charge in [-0.25, -0.2) is 8.78 Å². The first-order valence-corrected chi connectivity index (χ1v) is 11.4. The third kappa shape index (κ3) is 5.52. The number of methoxy groups -OCH3 is 1. The maximum atomic E-state index is 15.0. The number of hydrogen-bond donors (Lipinski definition) is 1. The zero-order valence-corrected chi connectivity index (χ0v) is 20.0. The van der Waals surface area contributed by atoms with E-state index in [1.165, 1.54) is 36.3 Å². The van der Waals surface area contributed by atoms with Gasteiger partial charge in [0.05, 0.1) is 13.0 Å². The van der Waals surface area contributed by atoms with Gasteiger partial charge in [-0.3, -0.25) is 19.2 Å². The standard InChI is InChI=1S/C25H24F4N4O4/c1-3-32-9-8-21(31-32)33-13-18(22-19(26)10-16(36-2)11-20(22)27)17(24(33)35)12-30-23(34)14-4-6-15(7-5-14)37-25(28)29/h4-11,17-18,25H,3,12-13H2,1-2H3,(H,30,34)/t17?,18-/m1/s1. The van der Waals surface area contributed by atoms with E-state index in [2.05, 4.69) is 15.2 Å². The summed E-state index contributed by atoms with van der Waals surface area (Å²) in [7, 11) is 1.28. The van der Waals surface area contributed by atoms with Crippen LogP contribution in [0.3, 0.4) is 0 Å². The summed E-state index contributed by atoms with van der Waals surface area (Å²) in [5.41, 5.74) is -0.164. The molecular weight excluding hydrogens is 496 g/mol. The van der Waals surface area contributed by atoms with E-state index in [-0.39, 0.29) is 35.7 Å². The predicted molar refractivity (Wildman–Crippen MR) is 125 cm³/mol. The van der Waals surface area contributed by atoms with Gasteiger partial charge in [0.25, 0.3) is 5.91 Å². The molecule has 0 spiro atoms. The van der Waals surface area contributed by atoms with Gasteiger partial charge in [-0.15, -0.1) is 0 Å². The number of amides is 2. The molecule has 4 rings (SSSR count). The average Bonchev–Trinajstić information content (AvgIpc) is 3.46. The smallest absolute Gasteiger partial charge is 0.387 e. The Morgan fingerprint density at radius 1 is 1.14 bits per heavy atom. The molecule has 12 heteroatoms. The molecule has 2 heterocycles. The number of anilines is 1. The maximum Gasteiger partial charge on any atom is 0.387 e. The van der Waals surface area contributed by atoms with Crippen molar-refractivity contribution in [2.24, 2.45) is 5.92 Å². The summed E-state index contributed by atoms with van der Waals surface area (Å²) in [6, 6.07) is 8.69. The number of rotatable bonds is 9. The molecule has 3 aromatic rings. The van der Waals surface area contributed by atoms with Crippen LogP contribution in [0, 0.1) is 17.6 Å². The number of nitrogens with zero attached hydrogens (tertiary/aromatic N) is 3. The zero-order chi connectivity index (χ0) is 26.7. The fourth-order valence-electron chi connectivity index (χ4n) is 4.31. The fourth-order valence-corrected chi connectivity index (χ4v) is 4.31. The van der Waals surface area contributed by atoms with Crippen LogP contribution in [0.2, 0.25) is 0 Å². The number of aromatic nitrogens is 2. The Labute approximate surface area is 209 Å². The first-order valence-electron chi connectivity index (χ1n) is 11.4. The number of nitrogens with one attached hydrogen (secondary N) is 1. The fraction of sp³-hybridized carbons (Fsp3) is 0.320. The van der Waals surface area contributed by atoms with Crippen molar-refractivity contribution in [3.63, 3.8) is 0 Å². The summed E-state index contributed by atoms with van der Waals surface area (Å²) < 4.78 is 65.5. The topological polar surface area (TPSA) is 85.7 Å². The molecule has 1 aliphatic heterocycles. The Morgan fingerprint density at radius 3 is 2.38 bits per heavy atom. The second kappa shape index (κ2) is 10.9. The number of benzene rings is 2. The van der Waals surface area contributed by atoms with E-state index in [9.17, 15) is 18.4 Å². The van der Waals surface area contributed by atoms with Gasteiger partial charge in [-0.05, 0) is 31.2 Å². The van der Waals surface area contributed by atoms with E-state index in [0.717, 1.165) is 12.1 Å². The largest absolute Gasteiger partial charge is 0.497 e. The van der Waals surface area contributed by atoms with Crippen LogP contribution in [0.5, 0.6) is 11.5 Å². The third-order valence-electron chi connectivity index (χ3n) is 6.16. The zero-order valence-electron chi connectivity index (χ0n) is 20.0. The number of halogens is 4. The Bertz CT molecular complexity index is 1260. The van der Waals surface area contributed by atoms with Crippen LogP contribution in [-0.4, -0.2) is 48.4 Å². The molecule has 2 atom stereocenters. The highest BCUT2D eigenvalue weighted by molar-refractivity contribution is 5.99. The number of aryl methyl sites for hydroxylation is 1. The van der Waals surface area contributed by atoms with Gasteiger partial charge < -0.3 is 14.8 Å². The van der Waals surface area contributed by atoms with E-state index in [4.69, 9.17) is 4.74 Å². The highest BCUT2D eigenvalue weighted by Crippen LogP contribution is 2.39. The molecule has 1 fully saturated rings. The number of carbonyl (C=O) groups excluding carboxylic acids is 2. The molecule has 37 heavy (non-hydrogen) atoms. The van der Waals surface area contributed by atoms with Gasteiger partial charge in [0.2, 0.25) is 5.91 Å². The van der Waals surface area contributed by atoms with Crippen LogP contribution in [0.1, 0.15) is 28.8 Å². The van der Waals surface area contributed by atoms with Gasteiger partial charge in [-0.2, -0.15) is 13.9 Å². The van der Waals surface area contributed by atoms with Crippen molar-refractivity contribution < 1.29 is 36.6 Å². The van der Waals surface area contributed by atoms with E-state index in [1.54, 1.807) is 16.9 Å². The van der Waals surface area contributed by atoms with Crippen molar-refractivity contribution in [2.75, 3.05) is 25.1 Å². The molecule has 0 radical (unpaired) electrons. The SMILES string of the molecule is CCn1ccc(N2C[C@@H](c3c(F)cc(OC)cc3F)C(CNC(=O)c3ccc(OC(F)F)cc3)C2=O)n1. The molecule has 0 aliphatic carbocycles. The minimum atomic E-state index is -3.00. The number of ether oxygens (including phenoxy) is 2. The maximum absolute atomic E-state index is 15.0. The molecule has 0 bridgehead atoms. The van der Waals surface area contributed by atoms with E-state index in [0.29, 0.717) is 12.4 Å². The average molecular weight is 520 g/mol. The molecule has 8 nitrogen and oxygen atoms in total. The van der Waals surface area contributed by atoms with Crippen LogP contribution in [0.4, 0.5) is 23.4 Å². The van der Waals surface area contributed by atoms with Crippen LogP contribution < -0.4 is 19.7 Å². The van der Waals surface area contributed by atoms with Crippen LogP contribution in [0.15, 0.2) is 48.7 Å². The molecule has 1 aliphatic rings. The highest BCUT2D eigenvalue weighted by atomic mass is 19.3. The van der Waals surface area contributed by atoms with Crippen molar-refractivity contribution in [3.8, 4) is 11.5 Å². The molecule has 0 saturated carbocycles. The van der Waals surface area contributed by atoms with Gasteiger partial charge in [-0.1, -0.05) is 0 Å².